The molecule has 28 heavy (non-hydrogen) atoms. The van der Waals surface area contributed by atoms with Crippen LogP contribution in [0, 0.1) is 5.82 Å². The van der Waals surface area contributed by atoms with Gasteiger partial charge in [-0.05, 0) is 42.2 Å². The smallest absolute Gasteiger partial charge is 0.234 e. The fraction of sp³-hybridized carbons (Fsp3) is 0.250. The lowest BCUT2D eigenvalue weighted by Gasteiger charge is -2.10. The first-order chi connectivity index (χ1) is 13.5. The molecule has 0 radical (unpaired) electrons. The van der Waals surface area contributed by atoms with Gasteiger partial charge in [0.25, 0.3) is 0 Å². The summed E-state index contributed by atoms with van der Waals surface area (Å²) >= 11 is 1.16. The van der Waals surface area contributed by atoms with Crippen molar-refractivity contribution in [2.75, 3.05) is 16.9 Å². The summed E-state index contributed by atoms with van der Waals surface area (Å²) in [6.07, 6.45) is 1.07. The van der Waals surface area contributed by atoms with Crippen LogP contribution in [0.25, 0.3) is 11.4 Å². The number of hydrogen-bond acceptors (Lipinski definition) is 5. The second-order valence-corrected chi connectivity index (χ2v) is 7.40. The van der Waals surface area contributed by atoms with Crippen molar-refractivity contribution in [3.05, 3.63) is 59.9 Å². The van der Waals surface area contributed by atoms with Gasteiger partial charge in [-0.15, -0.1) is 10.2 Å². The number of rotatable bonds is 7. The van der Waals surface area contributed by atoms with E-state index in [1.54, 1.807) is 12.1 Å². The number of nitrogens with two attached hydrogens (primary N) is 1. The van der Waals surface area contributed by atoms with Crippen molar-refractivity contribution >= 4 is 23.4 Å². The molecule has 1 heterocycles. The summed E-state index contributed by atoms with van der Waals surface area (Å²) in [6.45, 7) is 4.32. The molecular weight excluding hydrogens is 377 g/mol. The summed E-state index contributed by atoms with van der Waals surface area (Å²) in [5, 5.41) is 11.2. The molecule has 146 valence electrons. The first-order valence-corrected chi connectivity index (χ1v) is 9.95. The highest BCUT2D eigenvalue weighted by Crippen LogP contribution is 2.23. The number of anilines is 1. The highest BCUT2D eigenvalue weighted by molar-refractivity contribution is 7.99. The van der Waals surface area contributed by atoms with Gasteiger partial charge >= 0.3 is 0 Å². The minimum absolute atomic E-state index is 0.131. The lowest BCUT2D eigenvalue weighted by atomic mass is 9.99. The molecule has 3 aromatic rings. The van der Waals surface area contributed by atoms with Gasteiger partial charge in [0.2, 0.25) is 11.1 Å². The van der Waals surface area contributed by atoms with E-state index >= 15 is 0 Å². The van der Waals surface area contributed by atoms with E-state index < -0.39 is 0 Å². The van der Waals surface area contributed by atoms with Crippen LogP contribution in [-0.2, 0) is 4.79 Å². The Kier molecular flexibility index (Phi) is 6.30. The Hall–Kier alpha value is -2.87. The predicted octanol–water partition coefficient (Wildman–Crippen LogP) is 4.04. The molecule has 0 bridgehead atoms. The van der Waals surface area contributed by atoms with Crippen molar-refractivity contribution < 1.29 is 9.18 Å². The zero-order chi connectivity index (χ0) is 20.1. The molecule has 6 nitrogen and oxygen atoms in total. The minimum Gasteiger partial charge on any atom is -0.335 e. The van der Waals surface area contributed by atoms with E-state index in [1.165, 1.54) is 22.4 Å². The van der Waals surface area contributed by atoms with E-state index in [1.807, 2.05) is 24.3 Å². The highest BCUT2D eigenvalue weighted by Gasteiger charge is 2.14. The fourth-order valence-corrected chi connectivity index (χ4v) is 3.31. The molecule has 0 aliphatic carbocycles. The van der Waals surface area contributed by atoms with Crippen molar-refractivity contribution in [1.82, 2.24) is 14.9 Å². The molecule has 1 atom stereocenters. The van der Waals surface area contributed by atoms with Crippen LogP contribution in [0.2, 0.25) is 0 Å². The van der Waals surface area contributed by atoms with Crippen molar-refractivity contribution in [2.24, 2.45) is 0 Å². The number of amides is 1. The first kappa shape index (κ1) is 19.9. The lowest BCUT2D eigenvalue weighted by molar-refractivity contribution is -0.113. The van der Waals surface area contributed by atoms with E-state index in [9.17, 15) is 9.18 Å². The standard InChI is InChI=1S/C20H22FN5OS/c1-3-13(2)14-7-9-17(10-8-14)23-18(27)12-28-20-25-24-19(26(20)22)15-5-4-6-16(21)11-15/h4-11,13H,3,12,22H2,1-2H3,(H,23,27)/t13-/m1/s1. The van der Waals surface area contributed by atoms with Gasteiger partial charge in [-0.2, -0.15) is 0 Å². The highest BCUT2D eigenvalue weighted by atomic mass is 32.2. The van der Waals surface area contributed by atoms with E-state index in [0.29, 0.717) is 22.5 Å². The Labute approximate surface area is 167 Å². The van der Waals surface area contributed by atoms with E-state index in [-0.39, 0.29) is 17.5 Å². The van der Waals surface area contributed by atoms with Gasteiger partial charge in [-0.3, -0.25) is 4.79 Å². The van der Waals surface area contributed by atoms with Gasteiger partial charge in [-0.25, -0.2) is 9.07 Å². The summed E-state index contributed by atoms with van der Waals surface area (Å²) in [6, 6.07) is 13.8. The number of carbonyl (C=O) groups is 1. The molecule has 0 unspecified atom stereocenters. The maximum atomic E-state index is 13.4. The molecule has 2 aromatic carbocycles. The Balaban J connectivity index is 1.59. The van der Waals surface area contributed by atoms with Crippen LogP contribution >= 0.6 is 11.8 Å². The largest absolute Gasteiger partial charge is 0.335 e. The van der Waals surface area contributed by atoms with Gasteiger partial charge in [-0.1, -0.05) is 49.9 Å². The zero-order valence-electron chi connectivity index (χ0n) is 15.7. The molecule has 0 spiro atoms. The van der Waals surface area contributed by atoms with Gasteiger partial charge < -0.3 is 11.2 Å². The Morgan fingerprint density at radius 3 is 2.68 bits per heavy atom. The number of nitrogens with zero attached hydrogens (tertiary/aromatic N) is 3. The lowest BCUT2D eigenvalue weighted by Crippen LogP contribution is -2.16. The average molecular weight is 399 g/mol. The molecule has 0 saturated carbocycles. The summed E-state index contributed by atoms with van der Waals surface area (Å²) in [5.74, 6) is 6.40. The Morgan fingerprint density at radius 1 is 1.25 bits per heavy atom. The fourth-order valence-electron chi connectivity index (χ4n) is 2.66. The monoisotopic (exact) mass is 399 g/mol. The first-order valence-electron chi connectivity index (χ1n) is 8.97. The third-order valence-electron chi connectivity index (χ3n) is 4.46. The minimum atomic E-state index is -0.381. The maximum Gasteiger partial charge on any atom is 0.234 e. The molecule has 0 aliphatic heterocycles. The Morgan fingerprint density at radius 2 is 2.00 bits per heavy atom. The second kappa shape index (κ2) is 8.88. The van der Waals surface area contributed by atoms with Crippen LogP contribution in [0.1, 0.15) is 31.7 Å². The quantitative estimate of drug-likeness (QED) is 0.463. The van der Waals surface area contributed by atoms with Crippen LogP contribution in [0.4, 0.5) is 10.1 Å². The average Bonchev–Trinajstić information content (AvgIpc) is 3.07. The van der Waals surface area contributed by atoms with Gasteiger partial charge in [0.15, 0.2) is 5.82 Å². The van der Waals surface area contributed by atoms with E-state index in [2.05, 4.69) is 29.4 Å². The normalized spacial score (nSPS) is 12.0. The number of carbonyl (C=O) groups excluding carboxylic acids is 1. The molecule has 1 aromatic heterocycles. The SMILES string of the molecule is CC[C@@H](C)c1ccc(NC(=O)CSc2nnc(-c3cccc(F)c3)n2N)cc1. The predicted molar refractivity (Wildman–Crippen MR) is 110 cm³/mol. The van der Waals surface area contributed by atoms with Crippen molar-refractivity contribution in [3.63, 3.8) is 0 Å². The number of hydrogen-bond donors (Lipinski definition) is 2. The molecular formula is C20H22FN5OS. The summed E-state index contributed by atoms with van der Waals surface area (Å²) in [7, 11) is 0. The number of thioether (sulfide) groups is 1. The second-order valence-electron chi connectivity index (χ2n) is 6.45. The van der Waals surface area contributed by atoms with E-state index in [0.717, 1.165) is 23.9 Å². The van der Waals surface area contributed by atoms with Crippen LogP contribution in [-0.4, -0.2) is 26.5 Å². The molecule has 3 rings (SSSR count). The van der Waals surface area contributed by atoms with Crippen LogP contribution < -0.4 is 11.2 Å². The van der Waals surface area contributed by atoms with Crippen LogP contribution in [0.5, 0.6) is 0 Å². The molecule has 8 heteroatoms. The third-order valence-corrected chi connectivity index (χ3v) is 5.40. The topological polar surface area (TPSA) is 85.8 Å². The Bertz CT molecular complexity index is 957. The number of nitrogen functional groups attached to an aromatic ring is 1. The number of benzene rings is 2. The maximum absolute atomic E-state index is 13.4. The molecule has 1 amide bonds. The third kappa shape index (κ3) is 4.69. The number of halogens is 1. The number of nitrogens with one attached hydrogen (secondary N) is 1. The van der Waals surface area contributed by atoms with Gasteiger partial charge in [0.1, 0.15) is 5.82 Å². The van der Waals surface area contributed by atoms with Crippen molar-refractivity contribution in [3.8, 4) is 11.4 Å². The molecule has 3 N–H and O–H groups in total. The molecule has 0 fully saturated rings. The summed E-state index contributed by atoms with van der Waals surface area (Å²) in [5.41, 5.74) is 2.51. The van der Waals surface area contributed by atoms with Gasteiger partial charge in [0, 0.05) is 11.3 Å². The van der Waals surface area contributed by atoms with Crippen molar-refractivity contribution in [2.45, 2.75) is 31.3 Å². The number of aromatic nitrogens is 3. The van der Waals surface area contributed by atoms with Crippen LogP contribution in [0.15, 0.2) is 53.7 Å². The zero-order valence-corrected chi connectivity index (χ0v) is 16.5. The summed E-state index contributed by atoms with van der Waals surface area (Å²) < 4.78 is 14.6. The molecule has 0 aliphatic rings. The van der Waals surface area contributed by atoms with Crippen molar-refractivity contribution in [1.29, 1.82) is 0 Å². The van der Waals surface area contributed by atoms with Crippen LogP contribution in [0.3, 0.4) is 0 Å². The summed E-state index contributed by atoms with van der Waals surface area (Å²) in [4.78, 5) is 12.2. The molecule has 0 saturated heterocycles. The van der Waals surface area contributed by atoms with E-state index in [4.69, 9.17) is 5.84 Å². The van der Waals surface area contributed by atoms with Gasteiger partial charge in [0.05, 0.1) is 5.75 Å².